The van der Waals surface area contributed by atoms with Crippen LogP contribution in [0.2, 0.25) is 0 Å². The third-order valence-electron chi connectivity index (χ3n) is 4.36. The molecule has 152 valence electrons. The number of thioether (sulfide) groups is 1. The molecule has 0 unspecified atom stereocenters. The van der Waals surface area contributed by atoms with Crippen LogP contribution < -0.4 is 9.47 Å². The number of aryl methyl sites for hydroxylation is 2. The number of phenols is 1. The molecule has 2 amide bonds. The fourth-order valence-electron chi connectivity index (χ4n) is 2.79. The van der Waals surface area contributed by atoms with Crippen molar-refractivity contribution in [1.82, 2.24) is 4.90 Å². The Morgan fingerprint density at radius 2 is 1.93 bits per heavy atom. The van der Waals surface area contributed by atoms with Crippen molar-refractivity contribution in [1.29, 1.82) is 0 Å². The largest absolute Gasteiger partial charge is 0.503 e. The van der Waals surface area contributed by atoms with Gasteiger partial charge >= 0.3 is 0 Å². The molecule has 0 radical (unpaired) electrons. The minimum Gasteiger partial charge on any atom is -0.503 e. The first-order valence-corrected chi connectivity index (χ1v) is 10.4. The first-order chi connectivity index (χ1) is 13.8. The quantitative estimate of drug-likeness (QED) is 0.596. The summed E-state index contributed by atoms with van der Waals surface area (Å²) in [5.41, 5.74) is 2.70. The van der Waals surface area contributed by atoms with E-state index >= 15 is 0 Å². The van der Waals surface area contributed by atoms with Crippen LogP contribution in [0.1, 0.15) is 16.7 Å². The zero-order valence-electron chi connectivity index (χ0n) is 16.2. The lowest BCUT2D eigenvalue weighted by atomic mass is 10.1. The Balaban J connectivity index is 1.70. The molecule has 1 heterocycles. The van der Waals surface area contributed by atoms with E-state index < -0.39 is 0 Å². The van der Waals surface area contributed by atoms with Crippen molar-refractivity contribution in [2.24, 2.45) is 0 Å². The van der Waals surface area contributed by atoms with Crippen LogP contribution >= 0.6 is 27.7 Å². The van der Waals surface area contributed by atoms with Gasteiger partial charge in [-0.1, -0.05) is 12.1 Å². The molecular weight excluding hydrogens is 458 g/mol. The van der Waals surface area contributed by atoms with Gasteiger partial charge in [0.2, 0.25) is 0 Å². The summed E-state index contributed by atoms with van der Waals surface area (Å²) in [6, 6.07) is 9.14. The number of phenolic OH excluding ortho intramolecular Hbond substituents is 1. The lowest BCUT2D eigenvalue weighted by molar-refractivity contribution is -0.123. The third-order valence-corrected chi connectivity index (χ3v) is 5.87. The van der Waals surface area contributed by atoms with Gasteiger partial charge in [-0.25, -0.2) is 0 Å². The zero-order chi connectivity index (χ0) is 21.1. The molecule has 0 aliphatic carbocycles. The van der Waals surface area contributed by atoms with Crippen molar-refractivity contribution in [3.05, 3.63) is 56.4 Å². The summed E-state index contributed by atoms with van der Waals surface area (Å²) in [5, 5.41) is 9.57. The van der Waals surface area contributed by atoms with E-state index in [1.54, 1.807) is 18.2 Å². The number of rotatable bonds is 6. The maximum absolute atomic E-state index is 12.7. The number of ether oxygens (including phenoxy) is 2. The number of methoxy groups -OCH3 is 1. The van der Waals surface area contributed by atoms with E-state index in [4.69, 9.17) is 9.47 Å². The highest BCUT2D eigenvalue weighted by molar-refractivity contribution is 9.10. The summed E-state index contributed by atoms with van der Waals surface area (Å²) < 4.78 is 11.3. The molecule has 0 spiro atoms. The van der Waals surface area contributed by atoms with Crippen LogP contribution in [0.25, 0.3) is 6.08 Å². The average molecular weight is 478 g/mol. The highest BCUT2D eigenvalue weighted by Crippen LogP contribution is 2.38. The van der Waals surface area contributed by atoms with E-state index in [9.17, 15) is 14.7 Å². The minimum absolute atomic E-state index is 0.0265. The highest BCUT2D eigenvalue weighted by Gasteiger charge is 2.34. The standard InChI is InChI=1S/C21H20BrNO5S/c1-12-4-5-13(2)16(8-12)28-7-6-23-20(25)18(29-21(23)26)11-14-9-15(22)19(24)17(10-14)27-3/h4-5,8-11,24H,6-7H2,1-3H3/b18-11-. The summed E-state index contributed by atoms with van der Waals surface area (Å²) in [7, 11) is 1.44. The summed E-state index contributed by atoms with van der Waals surface area (Å²) in [5.74, 6) is 0.620. The zero-order valence-corrected chi connectivity index (χ0v) is 18.6. The molecule has 8 heteroatoms. The van der Waals surface area contributed by atoms with Gasteiger partial charge in [0, 0.05) is 0 Å². The number of carbonyl (C=O) groups is 2. The monoisotopic (exact) mass is 477 g/mol. The number of hydrogen-bond donors (Lipinski definition) is 1. The average Bonchev–Trinajstić information content (AvgIpc) is 2.94. The fraction of sp³-hybridized carbons (Fsp3) is 0.238. The van der Waals surface area contributed by atoms with Crippen LogP contribution in [0, 0.1) is 13.8 Å². The van der Waals surface area contributed by atoms with Gasteiger partial charge in [0.1, 0.15) is 12.4 Å². The first-order valence-electron chi connectivity index (χ1n) is 8.82. The predicted molar refractivity (Wildman–Crippen MR) is 116 cm³/mol. The van der Waals surface area contributed by atoms with E-state index in [0.29, 0.717) is 14.9 Å². The molecule has 2 aromatic carbocycles. The van der Waals surface area contributed by atoms with Gasteiger partial charge in [-0.15, -0.1) is 0 Å². The number of halogens is 1. The Morgan fingerprint density at radius 1 is 1.17 bits per heavy atom. The van der Waals surface area contributed by atoms with E-state index in [-0.39, 0.29) is 35.8 Å². The fourth-order valence-corrected chi connectivity index (χ4v) is 4.11. The molecule has 6 nitrogen and oxygen atoms in total. The Hall–Kier alpha value is -2.45. The van der Waals surface area contributed by atoms with Crippen molar-refractivity contribution >= 4 is 44.9 Å². The van der Waals surface area contributed by atoms with Gasteiger partial charge < -0.3 is 14.6 Å². The van der Waals surface area contributed by atoms with Gasteiger partial charge in [0.25, 0.3) is 11.1 Å². The second kappa shape index (κ2) is 8.92. The lowest BCUT2D eigenvalue weighted by Gasteiger charge is -2.14. The van der Waals surface area contributed by atoms with Crippen molar-refractivity contribution in [2.75, 3.05) is 20.3 Å². The molecule has 0 bridgehead atoms. The van der Waals surface area contributed by atoms with E-state index in [0.717, 1.165) is 28.6 Å². The molecular formula is C21H20BrNO5S. The molecule has 0 saturated carbocycles. The van der Waals surface area contributed by atoms with E-state index in [1.807, 2.05) is 32.0 Å². The number of aromatic hydroxyl groups is 1. The number of amides is 2. The van der Waals surface area contributed by atoms with Crippen LogP contribution in [0.3, 0.4) is 0 Å². The van der Waals surface area contributed by atoms with Crippen LogP contribution in [0.15, 0.2) is 39.7 Å². The molecule has 1 aliphatic heterocycles. The van der Waals surface area contributed by atoms with E-state index in [2.05, 4.69) is 15.9 Å². The summed E-state index contributed by atoms with van der Waals surface area (Å²) in [6.45, 7) is 4.30. The van der Waals surface area contributed by atoms with Crippen LogP contribution in [-0.4, -0.2) is 41.4 Å². The van der Waals surface area contributed by atoms with Gasteiger partial charge in [-0.2, -0.15) is 0 Å². The van der Waals surface area contributed by atoms with Crippen LogP contribution in [0.4, 0.5) is 4.79 Å². The number of carbonyl (C=O) groups excluding carboxylic acids is 2. The Labute approximate surface area is 181 Å². The number of hydrogen-bond acceptors (Lipinski definition) is 6. The predicted octanol–water partition coefficient (Wildman–Crippen LogP) is 4.90. The molecule has 3 rings (SSSR count). The molecule has 1 saturated heterocycles. The number of benzene rings is 2. The van der Waals surface area contributed by atoms with Crippen molar-refractivity contribution in [3.8, 4) is 17.2 Å². The first kappa shape index (κ1) is 21.3. The normalized spacial score (nSPS) is 15.3. The summed E-state index contributed by atoms with van der Waals surface area (Å²) in [4.78, 5) is 26.4. The summed E-state index contributed by atoms with van der Waals surface area (Å²) in [6.07, 6.45) is 1.60. The maximum atomic E-state index is 12.7. The van der Waals surface area contributed by atoms with Gasteiger partial charge in [0.05, 0.1) is 23.0 Å². The minimum atomic E-state index is -0.368. The third kappa shape index (κ3) is 4.76. The van der Waals surface area contributed by atoms with E-state index in [1.165, 1.54) is 12.0 Å². The maximum Gasteiger partial charge on any atom is 0.293 e. The Bertz CT molecular complexity index is 1000. The van der Waals surface area contributed by atoms with Gasteiger partial charge in [0.15, 0.2) is 11.5 Å². The van der Waals surface area contributed by atoms with Gasteiger partial charge in [-0.05, 0) is 82.5 Å². The molecule has 1 fully saturated rings. The lowest BCUT2D eigenvalue weighted by Crippen LogP contribution is -2.32. The molecule has 1 aliphatic rings. The SMILES string of the molecule is COc1cc(/C=C2\SC(=O)N(CCOc3cc(C)ccc3C)C2=O)cc(Br)c1O. The van der Waals surface area contributed by atoms with Crippen molar-refractivity contribution in [3.63, 3.8) is 0 Å². The Kier molecular flexibility index (Phi) is 6.54. The summed E-state index contributed by atoms with van der Waals surface area (Å²) >= 11 is 4.12. The van der Waals surface area contributed by atoms with Crippen LogP contribution in [-0.2, 0) is 4.79 Å². The number of imide groups is 1. The second-order valence-corrected chi connectivity index (χ2v) is 8.35. The second-order valence-electron chi connectivity index (χ2n) is 6.50. The smallest absolute Gasteiger partial charge is 0.293 e. The molecule has 1 N–H and O–H groups in total. The van der Waals surface area contributed by atoms with Crippen molar-refractivity contribution < 1.29 is 24.2 Å². The molecule has 2 aromatic rings. The molecule has 0 aromatic heterocycles. The van der Waals surface area contributed by atoms with Crippen LogP contribution in [0.5, 0.6) is 17.2 Å². The van der Waals surface area contributed by atoms with Gasteiger partial charge in [-0.3, -0.25) is 14.5 Å². The Morgan fingerprint density at radius 3 is 2.66 bits per heavy atom. The number of nitrogens with zero attached hydrogens (tertiary/aromatic N) is 1. The molecule has 29 heavy (non-hydrogen) atoms. The highest BCUT2D eigenvalue weighted by atomic mass is 79.9. The molecule has 0 atom stereocenters. The van der Waals surface area contributed by atoms with Crippen molar-refractivity contribution in [2.45, 2.75) is 13.8 Å². The topological polar surface area (TPSA) is 76.1 Å².